The van der Waals surface area contributed by atoms with Gasteiger partial charge in [-0.3, -0.25) is 9.36 Å². The zero-order valence-electron chi connectivity index (χ0n) is 14.2. The summed E-state index contributed by atoms with van der Waals surface area (Å²) in [5, 5.41) is 4.60. The van der Waals surface area contributed by atoms with Crippen LogP contribution in [-0.2, 0) is 10.9 Å². The van der Waals surface area contributed by atoms with E-state index in [1.54, 1.807) is 10.9 Å². The lowest BCUT2D eigenvalue weighted by molar-refractivity contribution is -0.137. The summed E-state index contributed by atoms with van der Waals surface area (Å²) >= 11 is 0. The fourth-order valence-corrected chi connectivity index (χ4v) is 3.33. The van der Waals surface area contributed by atoms with Crippen LogP contribution >= 0.6 is 0 Å². The molecule has 1 aliphatic rings. The van der Waals surface area contributed by atoms with Crippen LogP contribution in [0.3, 0.4) is 0 Å². The average Bonchev–Trinajstić information content (AvgIpc) is 3.11. The van der Waals surface area contributed by atoms with E-state index in [1.165, 1.54) is 22.9 Å². The van der Waals surface area contributed by atoms with Crippen molar-refractivity contribution in [2.24, 2.45) is 0 Å². The Morgan fingerprint density at radius 1 is 1.22 bits per heavy atom. The summed E-state index contributed by atoms with van der Waals surface area (Å²) in [6.45, 7) is 0.625. The molecule has 27 heavy (non-hydrogen) atoms. The average molecular weight is 378 g/mol. The molecule has 2 aromatic heterocycles. The summed E-state index contributed by atoms with van der Waals surface area (Å²) < 4.78 is 47.9. The van der Waals surface area contributed by atoms with Gasteiger partial charge in [0.05, 0.1) is 29.2 Å². The first-order chi connectivity index (χ1) is 12.8. The number of nitrogen functional groups attached to an aromatic ring is 1. The zero-order valence-corrected chi connectivity index (χ0v) is 14.2. The molecule has 3 heterocycles. The van der Waals surface area contributed by atoms with E-state index in [-0.39, 0.29) is 17.4 Å². The Kier molecular flexibility index (Phi) is 4.18. The first-order valence-electron chi connectivity index (χ1n) is 8.53. The van der Waals surface area contributed by atoms with Gasteiger partial charge in [0.1, 0.15) is 6.23 Å². The second kappa shape index (κ2) is 6.41. The Morgan fingerprint density at radius 2 is 2.04 bits per heavy atom. The van der Waals surface area contributed by atoms with Crippen molar-refractivity contribution in [3.05, 3.63) is 52.6 Å². The topological polar surface area (TPSA) is 75.1 Å². The number of anilines is 1. The maximum absolute atomic E-state index is 13.1. The third kappa shape index (κ3) is 3.18. The molecule has 0 bridgehead atoms. The molecular weight excluding hydrogens is 361 g/mol. The van der Waals surface area contributed by atoms with Gasteiger partial charge >= 0.3 is 6.18 Å². The summed E-state index contributed by atoms with van der Waals surface area (Å²) in [4.78, 5) is 12.5. The Balaban J connectivity index is 1.88. The van der Waals surface area contributed by atoms with Gasteiger partial charge in [0.15, 0.2) is 0 Å². The van der Waals surface area contributed by atoms with E-state index in [0.717, 1.165) is 31.4 Å². The minimum atomic E-state index is -4.53. The molecule has 1 fully saturated rings. The fourth-order valence-electron chi connectivity index (χ4n) is 3.33. The molecule has 0 spiro atoms. The molecule has 4 rings (SSSR count). The number of pyridine rings is 1. The number of halogens is 3. The van der Waals surface area contributed by atoms with Crippen molar-refractivity contribution in [2.75, 3.05) is 12.3 Å². The van der Waals surface area contributed by atoms with Crippen molar-refractivity contribution < 1.29 is 17.9 Å². The molecule has 1 aliphatic heterocycles. The van der Waals surface area contributed by atoms with Crippen LogP contribution in [0.5, 0.6) is 0 Å². The molecule has 1 atom stereocenters. The molecule has 0 saturated carbocycles. The zero-order chi connectivity index (χ0) is 19.2. The van der Waals surface area contributed by atoms with Crippen molar-refractivity contribution in [3.63, 3.8) is 0 Å². The summed E-state index contributed by atoms with van der Waals surface area (Å²) in [6, 6.07) is 4.36. The van der Waals surface area contributed by atoms with E-state index in [0.29, 0.717) is 17.7 Å². The highest BCUT2D eigenvalue weighted by molar-refractivity contribution is 5.91. The number of benzene rings is 1. The van der Waals surface area contributed by atoms with E-state index in [2.05, 4.69) is 5.10 Å². The van der Waals surface area contributed by atoms with Gasteiger partial charge in [-0.15, -0.1) is 0 Å². The molecule has 0 aliphatic carbocycles. The van der Waals surface area contributed by atoms with Crippen LogP contribution in [-0.4, -0.2) is 21.0 Å². The van der Waals surface area contributed by atoms with E-state index in [1.807, 2.05) is 0 Å². The number of alkyl halides is 3. The van der Waals surface area contributed by atoms with Gasteiger partial charge in [-0.2, -0.15) is 18.3 Å². The molecular formula is C18H17F3N4O2. The highest BCUT2D eigenvalue weighted by Gasteiger charge is 2.31. The predicted octanol–water partition coefficient (Wildman–Crippen LogP) is 3.49. The van der Waals surface area contributed by atoms with E-state index in [9.17, 15) is 18.0 Å². The molecule has 2 N–H and O–H groups in total. The Bertz CT molecular complexity index is 1050. The van der Waals surface area contributed by atoms with Crippen LogP contribution in [0.2, 0.25) is 0 Å². The highest BCUT2D eigenvalue weighted by atomic mass is 19.4. The lowest BCUT2D eigenvalue weighted by Crippen LogP contribution is -2.20. The molecule has 0 radical (unpaired) electrons. The molecule has 1 aromatic carbocycles. The van der Waals surface area contributed by atoms with Gasteiger partial charge in [-0.05, 0) is 31.4 Å². The van der Waals surface area contributed by atoms with Gasteiger partial charge < -0.3 is 10.5 Å². The molecule has 0 amide bonds. The van der Waals surface area contributed by atoms with Crippen LogP contribution < -0.4 is 11.3 Å². The summed E-state index contributed by atoms with van der Waals surface area (Å²) in [6.07, 6.45) is 1.04. The third-order valence-corrected chi connectivity index (χ3v) is 4.67. The molecule has 1 saturated heterocycles. The first kappa shape index (κ1) is 17.6. The second-order valence-corrected chi connectivity index (χ2v) is 6.50. The number of aromatic nitrogens is 3. The van der Waals surface area contributed by atoms with Gasteiger partial charge in [0.2, 0.25) is 0 Å². The molecule has 142 valence electrons. The third-order valence-electron chi connectivity index (χ3n) is 4.67. The number of nitrogens with two attached hydrogens (primary N) is 1. The maximum atomic E-state index is 13.1. The van der Waals surface area contributed by atoms with Crippen LogP contribution in [0.1, 0.15) is 31.1 Å². The van der Waals surface area contributed by atoms with Crippen LogP contribution in [0, 0.1) is 0 Å². The second-order valence-electron chi connectivity index (χ2n) is 6.50. The lowest BCUT2D eigenvalue weighted by Gasteiger charge is -2.22. The van der Waals surface area contributed by atoms with E-state index in [4.69, 9.17) is 10.5 Å². The van der Waals surface area contributed by atoms with E-state index >= 15 is 0 Å². The van der Waals surface area contributed by atoms with Gasteiger partial charge in [-0.25, -0.2) is 4.68 Å². The number of hydrogen-bond acceptors (Lipinski definition) is 4. The van der Waals surface area contributed by atoms with Crippen molar-refractivity contribution in [1.29, 1.82) is 0 Å². The summed E-state index contributed by atoms with van der Waals surface area (Å²) in [5.41, 5.74) is 5.04. The fraction of sp³-hybridized carbons (Fsp3) is 0.333. The van der Waals surface area contributed by atoms with Crippen LogP contribution in [0.25, 0.3) is 16.6 Å². The molecule has 3 aromatic rings. The van der Waals surface area contributed by atoms with Crippen molar-refractivity contribution in [2.45, 2.75) is 31.7 Å². The molecule has 1 unspecified atom stereocenters. The van der Waals surface area contributed by atoms with Crippen LogP contribution in [0.4, 0.5) is 18.9 Å². The standard InChI is InChI=1S/C18H17F3N4O2/c19-18(20,21)11-4-5-13-14(22)8-16(26)25(15(13)7-11)12-9-23-24(10-12)17-3-1-2-6-27-17/h4-5,7-10,17H,1-3,6,22H2. The van der Waals surface area contributed by atoms with Crippen molar-refractivity contribution in [3.8, 4) is 5.69 Å². The Hall–Kier alpha value is -2.81. The van der Waals surface area contributed by atoms with Crippen LogP contribution in [0.15, 0.2) is 41.5 Å². The number of nitrogens with zero attached hydrogens (tertiary/aromatic N) is 3. The quantitative estimate of drug-likeness (QED) is 0.741. The minimum Gasteiger partial charge on any atom is -0.398 e. The highest BCUT2D eigenvalue weighted by Crippen LogP contribution is 2.33. The number of hydrogen-bond donors (Lipinski definition) is 1. The number of fused-ring (bicyclic) bond motifs is 1. The maximum Gasteiger partial charge on any atom is 0.416 e. The predicted molar refractivity (Wildman–Crippen MR) is 93.6 cm³/mol. The number of rotatable bonds is 2. The SMILES string of the molecule is Nc1cc(=O)n(-c2cnn(C3CCCCO3)c2)c2cc(C(F)(F)F)ccc12. The molecule has 6 nitrogen and oxygen atoms in total. The number of ether oxygens (including phenoxy) is 1. The smallest absolute Gasteiger partial charge is 0.398 e. The minimum absolute atomic E-state index is 0.0823. The lowest BCUT2D eigenvalue weighted by atomic mass is 10.1. The Morgan fingerprint density at radius 3 is 2.74 bits per heavy atom. The largest absolute Gasteiger partial charge is 0.416 e. The summed E-state index contributed by atoms with van der Waals surface area (Å²) in [5.74, 6) is 0. The van der Waals surface area contributed by atoms with Gasteiger partial charge in [0, 0.05) is 23.7 Å². The Labute approximate surface area is 152 Å². The van der Waals surface area contributed by atoms with E-state index < -0.39 is 17.3 Å². The summed E-state index contributed by atoms with van der Waals surface area (Å²) in [7, 11) is 0. The monoisotopic (exact) mass is 378 g/mol. The van der Waals surface area contributed by atoms with Gasteiger partial charge in [0.25, 0.3) is 5.56 Å². The normalized spacial score (nSPS) is 18.1. The first-order valence-corrected chi connectivity index (χ1v) is 8.53. The molecule has 9 heteroatoms. The van der Waals surface area contributed by atoms with Gasteiger partial charge in [-0.1, -0.05) is 6.07 Å². The van der Waals surface area contributed by atoms with Crippen molar-refractivity contribution in [1.82, 2.24) is 14.3 Å². The van der Waals surface area contributed by atoms with Crippen molar-refractivity contribution >= 4 is 16.6 Å².